The van der Waals surface area contributed by atoms with Gasteiger partial charge >= 0.3 is 0 Å². The quantitative estimate of drug-likeness (QED) is 0.560. The number of anilines is 1. The van der Waals surface area contributed by atoms with Crippen LogP contribution in [0.4, 0.5) is 5.69 Å². The molecule has 0 aliphatic carbocycles. The molecule has 1 fully saturated rings. The van der Waals surface area contributed by atoms with Gasteiger partial charge in [0.05, 0.1) is 0 Å². The monoisotopic (exact) mass is 315 g/mol. The zero-order chi connectivity index (χ0) is 17.0. The molecule has 1 heterocycles. The maximum absolute atomic E-state index is 12.4. The maximum atomic E-state index is 12.4. The summed E-state index contributed by atoms with van der Waals surface area (Å²) in [7, 11) is 0. The fourth-order valence-corrected chi connectivity index (χ4v) is 2.27. The summed E-state index contributed by atoms with van der Waals surface area (Å²) in [4.78, 5) is 46.6. The number of amides is 4. The van der Waals surface area contributed by atoms with Crippen molar-refractivity contribution in [3.63, 3.8) is 0 Å². The van der Waals surface area contributed by atoms with Crippen molar-refractivity contribution in [1.29, 1.82) is 0 Å². The predicted octanol–water partition coefficient (Wildman–Crippen LogP) is 0.655. The molecule has 1 saturated heterocycles. The van der Waals surface area contributed by atoms with Crippen LogP contribution in [-0.4, -0.2) is 29.7 Å². The number of carbonyl (C=O) groups is 4. The first-order chi connectivity index (χ1) is 10.9. The molecule has 3 N–H and O–H groups in total. The van der Waals surface area contributed by atoms with E-state index in [0.29, 0.717) is 16.8 Å². The average molecular weight is 315 g/mol. The van der Waals surface area contributed by atoms with Crippen LogP contribution in [0.25, 0.3) is 0 Å². The van der Waals surface area contributed by atoms with Gasteiger partial charge < -0.3 is 10.6 Å². The van der Waals surface area contributed by atoms with Crippen LogP contribution in [-0.2, 0) is 14.4 Å². The Balaban J connectivity index is 2.15. The third kappa shape index (κ3) is 3.82. The fraction of sp³-hybridized carbons (Fsp3) is 0.250. The number of benzene rings is 1. The lowest BCUT2D eigenvalue weighted by atomic mass is 10.0. The molecule has 0 spiro atoms. The highest BCUT2D eigenvalue weighted by Crippen LogP contribution is 2.19. The van der Waals surface area contributed by atoms with Crippen LogP contribution >= 0.6 is 0 Å². The van der Waals surface area contributed by atoms with Gasteiger partial charge in [0.2, 0.25) is 17.7 Å². The fourth-order valence-electron chi connectivity index (χ4n) is 2.27. The summed E-state index contributed by atoms with van der Waals surface area (Å²) in [5.41, 5.74) is 1.41. The van der Waals surface area contributed by atoms with Gasteiger partial charge in [-0.1, -0.05) is 12.6 Å². The van der Waals surface area contributed by atoms with Crippen LogP contribution in [0.5, 0.6) is 0 Å². The van der Waals surface area contributed by atoms with Gasteiger partial charge in [-0.3, -0.25) is 24.5 Å². The van der Waals surface area contributed by atoms with Gasteiger partial charge in [0, 0.05) is 17.7 Å². The lowest BCUT2D eigenvalue weighted by Crippen LogP contribution is -2.52. The van der Waals surface area contributed by atoms with Crippen molar-refractivity contribution >= 4 is 29.3 Å². The summed E-state index contributed by atoms with van der Waals surface area (Å²) >= 11 is 0. The molecule has 1 unspecified atom stereocenters. The second-order valence-corrected chi connectivity index (χ2v) is 5.15. The molecule has 7 heteroatoms. The molecule has 0 radical (unpaired) electrons. The maximum Gasteiger partial charge on any atom is 0.252 e. The standard InChI is InChI=1S/C16H17N3O4/c1-3-13(20)17-11-6-4-5-10(9(11)2)15(22)18-12-7-8-14(21)19-16(12)23/h3-6,12H,1,7-8H2,2H3,(H,17,20)(H,18,22)(H,19,21,23). The van der Waals surface area contributed by atoms with E-state index in [1.165, 1.54) is 0 Å². The normalized spacial score (nSPS) is 17.2. The van der Waals surface area contributed by atoms with Crippen molar-refractivity contribution in [3.05, 3.63) is 42.0 Å². The van der Waals surface area contributed by atoms with E-state index in [1.54, 1.807) is 25.1 Å². The minimum Gasteiger partial charge on any atom is -0.340 e. The highest BCUT2D eigenvalue weighted by molar-refractivity contribution is 6.05. The van der Waals surface area contributed by atoms with Crippen molar-refractivity contribution < 1.29 is 19.2 Å². The summed E-state index contributed by atoms with van der Waals surface area (Å²) in [5, 5.41) is 7.40. The zero-order valence-corrected chi connectivity index (χ0v) is 12.6. The van der Waals surface area contributed by atoms with Gasteiger partial charge in [-0.2, -0.15) is 0 Å². The third-order valence-electron chi connectivity index (χ3n) is 3.57. The van der Waals surface area contributed by atoms with E-state index in [-0.39, 0.29) is 24.7 Å². The molecular formula is C16H17N3O4. The third-order valence-corrected chi connectivity index (χ3v) is 3.57. The van der Waals surface area contributed by atoms with Gasteiger partial charge in [-0.15, -0.1) is 0 Å². The zero-order valence-electron chi connectivity index (χ0n) is 12.6. The van der Waals surface area contributed by atoms with E-state index in [2.05, 4.69) is 22.5 Å². The molecule has 1 aliphatic rings. The van der Waals surface area contributed by atoms with Gasteiger partial charge in [0.25, 0.3) is 5.91 Å². The van der Waals surface area contributed by atoms with Crippen LogP contribution in [0.2, 0.25) is 0 Å². The van der Waals surface area contributed by atoms with Crippen molar-refractivity contribution in [2.75, 3.05) is 5.32 Å². The first kappa shape index (κ1) is 16.4. The van der Waals surface area contributed by atoms with E-state index in [0.717, 1.165) is 6.08 Å². The molecule has 4 amide bonds. The molecule has 120 valence electrons. The highest BCUT2D eigenvalue weighted by atomic mass is 16.2. The van der Waals surface area contributed by atoms with Crippen LogP contribution in [0.3, 0.4) is 0 Å². The van der Waals surface area contributed by atoms with Gasteiger partial charge in [-0.05, 0) is 37.1 Å². The Hall–Kier alpha value is -2.96. The molecule has 0 aromatic heterocycles. The molecule has 1 aliphatic heterocycles. The number of nitrogens with one attached hydrogen (secondary N) is 3. The Bertz CT molecular complexity index is 697. The van der Waals surface area contributed by atoms with E-state index in [9.17, 15) is 19.2 Å². The summed E-state index contributed by atoms with van der Waals surface area (Å²) in [6.45, 7) is 5.07. The number of carbonyl (C=O) groups excluding carboxylic acids is 4. The smallest absolute Gasteiger partial charge is 0.252 e. The van der Waals surface area contributed by atoms with Gasteiger partial charge in [0.1, 0.15) is 6.04 Å². The summed E-state index contributed by atoms with van der Waals surface area (Å²) in [5.74, 6) is -1.67. The van der Waals surface area contributed by atoms with E-state index >= 15 is 0 Å². The molecule has 1 aromatic carbocycles. The Morgan fingerprint density at radius 1 is 1.35 bits per heavy atom. The van der Waals surface area contributed by atoms with E-state index in [1.807, 2.05) is 0 Å². The molecule has 1 atom stereocenters. The molecule has 1 aromatic rings. The van der Waals surface area contributed by atoms with E-state index in [4.69, 9.17) is 0 Å². The summed E-state index contributed by atoms with van der Waals surface area (Å²) in [6, 6.07) is 4.15. The SMILES string of the molecule is C=CC(=O)Nc1cccc(C(=O)NC2CCC(=O)NC2=O)c1C. The molecule has 0 saturated carbocycles. The van der Waals surface area contributed by atoms with Crippen LogP contribution in [0, 0.1) is 6.92 Å². The average Bonchev–Trinajstić information content (AvgIpc) is 2.51. The Labute approximate surface area is 133 Å². The number of piperidine rings is 1. The highest BCUT2D eigenvalue weighted by Gasteiger charge is 2.28. The summed E-state index contributed by atoms with van der Waals surface area (Å²) in [6.07, 6.45) is 1.59. The molecule has 2 rings (SSSR count). The minimum atomic E-state index is -0.744. The molecule has 7 nitrogen and oxygen atoms in total. The van der Waals surface area contributed by atoms with Crippen molar-refractivity contribution in [2.24, 2.45) is 0 Å². The second-order valence-electron chi connectivity index (χ2n) is 5.15. The number of hydrogen-bond donors (Lipinski definition) is 3. The van der Waals surface area contributed by atoms with Crippen LogP contribution < -0.4 is 16.0 Å². The number of imide groups is 1. The lowest BCUT2D eigenvalue weighted by molar-refractivity contribution is -0.134. The number of rotatable bonds is 4. The molecule has 23 heavy (non-hydrogen) atoms. The van der Waals surface area contributed by atoms with Crippen molar-refractivity contribution in [3.8, 4) is 0 Å². The first-order valence-electron chi connectivity index (χ1n) is 7.10. The number of hydrogen-bond acceptors (Lipinski definition) is 4. The largest absolute Gasteiger partial charge is 0.340 e. The van der Waals surface area contributed by atoms with Crippen molar-refractivity contribution in [1.82, 2.24) is 10.6 Å². The first-order valence-corrected chi connectivity index (χ1v) is 7.10. The Morgan fingerprint density at radius 3 is 2.74 bits per heavy atom. The topological polar surface area (TPSA) is 104 Å². The Morgan fingerprint density at radius 2 is 2.09 bits per heavy atom. The van der Waals surface area contributed by atoms with Crippen LogP contribution in [0.1, 0.15) is 28.8 Å². The van der Waals surface area contributed by atoms with E-state index < -0.39 is 17.9 Å². The predicted molar refractivity (Wildman–Crippen MR) is 83.6 cm³/mol. The van der Waals surface area contributed by atoms with Gasteiger partial charge in [-0.25, -0.2) is 0 Å². The summed E-state index contributed by atoms with van der Waals surface area (Å²) < 4.78 is 0. The van der Waals surface area contributed by atoms with Gasteiger partial charge in [0.15, 0.2) is 0 Å². The van der Waals surface area contributed by atoms with Crippen molar-refractivity contribution in [2.45, 2.75) is 25.8 Å². The minimum absolute atomic E-state index is 0.186. The second kappa shape index (κ2) is 6.87. The van der Waals surface area contributed by atoms with Crippen LogP contribution in [0.15, 0.2) is 30.9 Å². The molecular weight excluding hydrogens is 298 g/mol. The Kier molecular flexibility index (Phi) is 4.90. The molecule has 0 bridgehead atoms. The lowest BCUT2D eigenvalue weighted by Gasteiger charge is -2.22.